The number of carbonyl (C=O) groups excluding carboxylic acids is 2. The quantitative estimate of drug-likeness (QED) is 0.642. The van der Waals surface area contributed by atoms with Gasteiger partial charge in [-0.05, 0) is 13.0 Å². The molecular formula is C21H21FN4O3S. The zero-order valence-electron chi connectivity index (χ0n) is 16.5. The Bertz CT molecular complexity index is 1100. The van der Waals surface area contributed by atoms with E-state index in [2.05, 4.69) is 9.88 Å². The summed E-state index contributed by atoms with van der Waals surface area (Å²) in [6.45, 7) is 5.87. The maximum absolute atomic E-state index is 14.0. The van der Waals surface area contributed by atoms with E-state index in [4.69, 9.17) is 4.42 Å². The van der Waals surface area contributed by atoms with Gasteiger partial charge in [0.05, 0.1) is 5.51 Å². The van der Waals surface area contributed by atoms with Crippen LogP contribution >= 0.6 is 11.3 Å². The average Bonchev–Trinajstić information content (AvgIpc) is 3.36. The molecule has 0 atom stereocenters. The highest BCUT2D eigenvalue weighted by Gasteiger charge is 2.38. The Kier molecular flexibility index (Phi) is 4.79. The Morgan fingerprint density at radius 3 is 2.57 bits per heavy atom. The molecule has 4 heterocycles. The van der Waals surface area contributed by atoms with Gasteiger partial charge in [-0.3, -0.25) is 14.5 Å². The number of nitrogens with zero attached hydrogens (tertiary/aromatic N) is 4. The highest BCUT2D eigenvalue weighted by molar-refractivity contribution is 7.07. The molecule has 1 aromatic carbocycles. The molecule has 5 rings (SSSR count). The number of thiazole rings is 1. The van der Waals surface area contributed by atoms with Gasteiger partial charge >= 0.3 is 0 Å². The summed E-state index contributed by atoms with van der Waals surface area (Å²) >= 11 is 1.42. The molecule has 0 N–H and O–H groups in total. The van der Waals surface area contributed by atoms with E-state index in [0.717, 1.165) is 13.1 Å². The number of likely N-dealkylation sites (tertiary alicyclic amines) is 1. The molecule has 3 aromatic rings. The van der Waals surface area contributed by atoms with Gasteiger partial charge in [-0.2, -0.15) is 0 Å². The molecule has 0 saturated carbocycles. The molecule has 7 nitrogen and oxygen atoms in total. The maximum Gasteiger partial charge on any atom is 0.290 e. The molecule has 2 aromatic heterocycles. The monoisotopic (exact) mass is 428 g/mol. The summed E-state index contributed by atoms with van der Waals surface area (Å²) in [5, 5.41) is 2.41. The molecule has 0 radical (unpaired) electrons. The van der Waals surface area contributed by atoms with Crippen molar-refractivity contribution in [2.45, 2.75) is 13.0 Å². The maximum atomic E-state index is 14.0. The average molecular weight is 428 g/mol. The largest absolute Gasteiger partial charge is 0.448 e. The molecule has 2 aliphatic rings. The first-order valence-electron chi connectivity index (χ1n) is 9.91. The summed E-state index contributed by atoms with van der Waals surface area (Å²) < 4.78 is 19.5. The molecule has 30 heavy (non-hydrogen) atoms. The number of aromatic nitrogens is 1. The lowest BCUT2D eigenvalue weighted by Gasteiger charge is -2.47. The van der Waals surface area contributed by atoms with Crippen LogP contribution in [-0.2, 0) is 0 Å². The van der Waals surface area contributed by atoms with Gasteiger partial charge in [0.2, 0.25) is 0 Å². The van der Waals surface area contributed by atoms with Crippen molar-refractivity contribution in [1.82, 2.24) is 19.7 Å². The molecule has 0 spiro atoms. The number of carbonyl (C=O) groups is 2. The number of halogens is 1. The van der Waals surface area contributed by atoms with E-state index in [1.165, 1.54) is 17.4 Å². The minimum absolute atomic E-state index is 0.0195. The van der Waals surface area contributed by atoms with E-state index in [1.807, 2.05) is 4.90 Å². The van der Waals surface area contributed by atoms with Crippen LogP contribution in [0.1, 0.15) is 26.6 Å². The van der Waals surface area contributed by atoms with Crippen molar-refractivity contribution >= 4 is 34.1 Å². The summed E-state index contributed by atoms with van der Waals surface area (Å²) in [6, 6.07) is 4.98. The van der Waals surface area contributed by atoms with Gasteiger partial charge in [-0.15, -0.1) is 11.3 Å². The summed E-state index contributed by atoms with van der Waals surface area (Å²) in [4.78, 5) is 35.3. The van der Waals surface area contributed by atoms with Gasteiger partial charge < -0.3 is 14.2 Å². The van der Waals surface area contributed by atoms with Crippen molar-refractivity contribution in [1.29, 1.82) is 0 Å². The summed E-state index contributed by atoms with van der Waals surface area (Å²) in [5.41, 5.74) is 2.98. The number of aryl methyl sites for hydroxylation is 1. The van der Waals surface area contributed by atoms with E-state index in [-0.39, 0.29) is 29.2 Å². The highest BCUT2D eigenvalue weighted by Crippen LogP contribution is 2.29. The van der Waals surface area contributed by atoms with Crippen molar-refractivity contribution in [3.05, 3.63) is 51.9 Å². The smallest absolute Gasteiger partial charge is 0.290 e. The fourth-order valence-corrected chi connectivity index (χ4v) is 4.70. The van der Waals surface area contributed by atoms with Crippen LogP contribution in [-0.4, -0.2) is 76.8 Å². The van der Waals surface area contributed by atoms with Gasteiger partial charge in [-0.1, -0.05) is 12.1 Å². The SMILES string of the molecule is Cc1c(C(=O)N2CC(N3CCN(C(=O)c4cscn4)CC3)C2)oc2c(F)cccc12. The molecule has 0 unspecified atom stereocenters. The number of hydrogen-bond donors (Lipinski definition) is 0. The number of piperazine rings is 1. The molecule has 9 heteroatoms. The van der Waals surface area contributed by atoms with Crippen molar-refractivity contribution in [3.8, 4) is 0 Å². The normalized spacial score (nSPS) is 18.1. The minimum Gasteiger partial charge on any atom is -0.448 e. The molecule has 0 aliphatic carbocycles. The minimum atomic E-state index is -0.457. The second-order valence-electron chi connectivity index (χ2n) is 7.74. The van der Waals surface area contributed by atoms with Crippen molar-refractivity contribution < 1.29 is 18.4 Å². The molecule has 156 valence electrons. The van der Waals surface area contributed by atoms with Gasteiger partial charge in [0.1, 0.15) is 5.69 Å². The second kappa shape index (κ2) is 7.48. The van der Waals surface area contributed by atoms with Crippen LogP contribution < -0.4 is 0 Å². The summed E-state index contributed by atoms with van der Waals surface area (Å²) in [5.74, 6) is -0.459. The van der Waals surface area contributed by atoms with Crippen LogP contribution in [0.5, 0.6) is 0 Å². The van der Waals surface area contributed by atoms with Crippen LogP contribution in [0.25, 0.3) is 11.0 Å². The number of benzene rings is 1. The third-order valence-electron chi connectivity index (χ3n) is 6.03. The topological polar surface area (TPSA) is 69.9 Å². The molecule has 2 amide bonds. The first kappa shape index (κ1) is 19.2. The number of furan rings is 1. The number of hydrogen-bond acceptors (Lipinski definition) is 6. The van der Waals surface area contributed by atoms with Crippen LogP contribution in [0.2, 0.25) is 0 Å². The Balaban J connectivity index is 1.18. The standard InChI is InChI=1S/C21H21FN4O3S/c1-13-15-3-2-4-16(22)19(15)29-18(13)21(28)26-9-14(10-26)24-5-7-25(8-6-24)20(27)17-11-30-12-23-17/h2-4,11-12,14H,5-10H2,1H3. The molecule has 2 saturated heterocycles. The van der Waals surface area contributed by atoms with Crippen molar-refractivity contribution in [3.63, 3.8) is 0 Å². The van der Waals surface area contributed by atoms with Gasteiger partial charge in [0.25, 0.3) is 11.8 Å². The number of rotatable bonds is 3. The lowest BCUT2D eigenvalue weighted by molar-refractivity contribution is 0.00694. The fourth-order valence-electron chi connectivity index (χ4n) is 4.18. The Labute approximate surface area is 176 Å². The lowest BCUT2D eigenvalue weighted by Crippen LogP contribution is -2.64. The molecular weight excluding hydrogens is 407 g/mol. The fraction of sp³-hybridized carbons (Fsp3) is 0.381. The van der Waals surface area contributed by atoms with E-state index in [0.29, 0.717) is 42.8 Å². The lowest BCUT2D eigenvalue weighted by atomic mass is 10.0. The zero-order chi connectivity index (χ0) is 20.8. The van der Waals surface area contributed by atoms with E-state index >= 15 is 0 Å². The van der Waals surface area contributed by atoms with E-state index in [1.54, 1.807) is 34.8 Å². The van der Waals surface area contributed by atoms with E-state index in [9.17, 15) is 14.0 Å². The highest BCUT2D eigenvalue weighted by atomic mass is 32.1. The first-order valence-corrected chi connectivity index (χ1v) is 10.9. The predicted octanol–water partition coefficient (Wildman–Crippen LogP) is 2.62. The summed E-state index contributed by atoms with van der Waals surface area (Å²) in [6.07, 6.45) is 0. The number of amides is 2. The van der Waals surface area contributed by atoms with Gasteiger partial charge in [0, 0.05) is 61.6 Å². The number of para-hydroxylation sites is 1. The summed E-state index contributed by atoms with van der Waals surface area (Å²) in [7, 11) is 0. The van der Waals surface area contributed by atoms with Crippen LogP contribution in [0.3, 0.4) is 0 Å². The van der Waals surface area contributed by atoms with Crippen molar-refractivity contribution in [2.24, 2.45) is 0 Å². The van der Waals surface area contributed by atoms with Gasteiger partial charge in [0.15, 0.2) is 17.2 Å². The third kappa shape index (κ3) is 3.18. The second-order valence-corrected chi connectivity index (χ2v) is 8.46. The Morgan fingerprint density at radius 2 is 1.90 bits per heavy atom. The zero-order valence-corrected chi connectivity index (χ0v) is 17.3. The third-order valence-corrected chi connectivity index (χ3v) is 6.62. The molecule has 0 bridgehead atoms. The van der Waals surface area contributed by atoms with E-state index < -0.39 is 5.82 Å². The molecule has 2 aliphatic heterocycles. The first-order chi connectivity index (χ1) is 14.5. The van der Waals surface area contributed by atoms with Crippen molar-refractivity contribution in [2.75, 3.05) is 39.3 Å². The predicted molar refractivity (Wildman–Crippen MR) is 110 cm³/mol. The molecule has 2 fully saturated rings. The van der Waals surface area contributed by atoms with Crippen LogP contribution in [0.4, 0.5) is 4.39 Å². The number of fused-ring (bicyclic) bond motifs is 1. The van der Waals surface area contributed by atoms with Crippen LogP contribution in [0, 0.1) is 12.7 Å². The van der Waals surface area contributed by atoms with Crippen LogP contribution in [0.15, 0.2) is 33.5 Å². The Morgan fingerprint density at radius 1 is 1.13 bits per heavy atom. The Hall–Kier alpha value is -2.78. The van der Waals surface area contributed by atoms with Gasteiger partial charge in [-0.25, -0.2) is 9.37 Å².